The molecule has 1 fully saturated rings. The van der Waals surface area contributed by atoms with Gasteiger partial charge in [-0.15, -0.1) is 0 Å². The summed E-state index contributed by atoms with van der Waals surface area (Å²) in [4.78, 5) is 23.8. The molecule has 2 rings (SSSR count). The summed E-state index contributed by atoms with van der Waals surface area (Å²) in [7, 11) is 0. The van der Waals surface area contributed by atoms with E-state index in [0.717, 1.165) is 18.4 Å². The van der Waals surface area contributed by atoms with Gasteiger partial charge in [-0.1, -0.05) is 30.3 Å². The molecule has 108 valence electrons. The van der Waals surface area contributed by atoms with Crippen LogP contribution in [0.4, 0.5) is 0 Å². The van der Waals surface area contributed by atoms with E-state index in [2.05, 4.69) is 5.32 Å². The van der Waals surface area contributed by atoms with Crippen LogP contribution in [-0.2, 0) is 14.3 Å². The zero-order valence-corrected chi connectivity index (χ0v) is 12.0. The summed E-state index contributed by atoms with van der Waals surface area (Å²) >= 11 is 0. The van der Waals surface area contributed by atoms with E-state index >= 15 is 0 Å². The lowest BCUT2D eigenvalue weighted by atomic mass is 10.0. The average Bonchev–Trinajstić information content (AvgIpc) is 3.22. The fraction of sp³-hybridized carbons (Fsp3) is 0.500. The zero-order chi connectivity index (χ0) is 14.5. The molecular formula is C16H21NO3. The molecule has 4 nitrogen and oxygen atoms in total. The highest BCUT2D eigenvalue weighted by atomic mass is 16.5. The Morgan fingerprint density at radius 3 is 2.45 bits per heavy atom. The molecule has 0 bridgehead atoms. The van der Waals surface area contributed by atoms with E-state index < -0.39 is 0 Å². The molecule has 1 aromatic rings. The van der Waals surface area contributed by atoms with Crippen LogP contribution in [0.5, 0.6) is 0 Å². The Labute approximate surface area is 119 Å². The first-order valence-corrected chi connectivity index (χ1v) is 7.11. The van der Waals surface area contributed by atoms with Crippen LogP contribution in [0.2, 0.25) is 0 Å². The predicted molar refractivity (Wildman–Crippen MR) is 75.9 cm³/mol. The van der Waals surface area contributed by atoms with Crippen LogP contribution in [0.15, 0.2) is 30.3 Å². The van der Waals surface area contributed by atoms with E-state index in [-0.39, 0.29) is 36.4 Å². The fourth-order valence-corrected chi connectivity index (χ4v) is 2.05. The molecule has 0 radical (unpaired) electrons. The van der Waals surface area contributed by atoms with E-state index in [4.69, 9.17) is 4.74 Å². The van der Waals surface area contributed by atoms with Crippen molar-refractivity contribution >= 4 is 11.9 Å². The molecule has 0 spiro atoms. The number of carbonyl (C=O) groups is 2. The highest BCUT2D eigenvalue weighted by Crippen LogP contribution is 2.30. The maximum Gasteiger partial charge on any atom is 0.308 e. The van der Waals surface area contributed by atoms with Crippen molar-refractivity contribution in [3.63, 3.8) is 0 Å². The first kappa shape index (κ1) is 14.6. The van der Waals surface area contributed by atoms with Crippen molar-refractivity contribution in [2.45, 2.75) is 45.3 Å². The Bertz CT molecular complexity index is 466. The molecule has 0 saturated heterocycles. The number of rotatable bonds is 6. The summed E-state index contributed by atoms with van der Waals surface area (Å²) in [5.74, 6) is -0.122. The van der Waals surface area contributed by atoms with Crippen LogP contribution in [0.3, 0.4) is 0 Å². The van der Waals surface area contributed by atoms with Gasteiger partial charge in [0, 0.05) is 5.92 Å². The third-order valence-corrected chi connectivity index (χ3v) is 3.20. The summed E-state index contributed by atoms with van der Waals surface area (Å²) in [6, 6.07) is 9.24. The molecule has 1 atom stereocenters. The smallest absolute Gasteiger partial charge is 0.308 e. The lowest BCUT2D eigenvalue weighted by Crippen LogP contribution is -2.32. The summed E-state index contributed by atoms with van der Waals surface area (Å²) < 4.78 is 5.17. The first-order valence-electron chi connectivity index (χ1n) is 7.11. The Morgan fingerprint density at radius 1 is 1.25 bits per heavy atom. The van der Waals surface area contributed by atoms with Gasteiger partial charge in [-0.25, -0.2) is 0 Å². The number of ether oxygens (including phenoxy) is 1. The van der Waals surface area contributed by atoms with E-state index in [1.807, 2.05) is 44.2 Å². The summed E-state index contributed by atoms with van der Waals surface area (Å²) in [6.45, 7) is 3.64. The minimum absolute atomic E-state index is 0.0381. The molecule has 0 aliphatic heterocycles. The summed E-state index contributed by atoms with van der Waals surface area (Å²) in [5, 5.41) is 2.96. The fourth-order valence-electron chi connectivity index (χ4n) is 2.05. The van der Waals surface area contributed by atoms with Crippen molar-refractivity contribution in [2.24, 2.45) is 5.92 Å². The SMILES string of the molecule is CC(C)OC(=O)CC(NC(=O)C1CC1)c1ccccc1. The predicted octanol–water partition coefficient (Wildman–Crippen LogP) is 2.60. The van der Waals surface area contributed by atoms with Gasteiger partial charge in [0.05, 0.1) is 18.6 Å². The molecule has 1 saturated carbocycles. The second-order valence-electron chi connectivity index (χ2n) is 5.49. The van der Waals surface area contributed by atoms with Crippen LogP contribution in [0, 0.1) is 5.92 Å². The third kappa shape index (κ3) is 4.37. The summed E-state index contributed by atoms with van der Waals surface area (Å²) in [6.07, 6.45) is 1.92. The number of hydrogen-bond acceptors (Lipinski definition) is 3. The van der Waals surface area contributed by atoms with E-state index in [1.165, 1.54) is 0 Å². The number of carbonyl (C=O) groups excluding carboxylic acids is 2. The Hall–Kier alpha value is -1.84. The van der Waals surface area contributed by atoms with E-state index in [9.17, 15) is 9.59 Å². The van der Waals surface area contributed by atoms with Gasteiger partial charge >= 0.3 is 5.97 Å². The zero-order valence-electron chi connectivity index (χ0n) is 12.0. The molecular weight excluding hydrogens is 254 g/mol. The van der Waals surface area contributed by atoms with Crippen molar-refractivity contribution in [1.29, 1.82) is 0 Å². The van der Waals surface area contributed by atoms with Gasteiger partial charge in [-0.2, -0.15) is 0 Å². The highest BCUT2D eigenvalue weighted by molar-refractivity contribution is 5.82. The monoisotopic (exact) mass is 275 g/mol. The molecule has 1 aliphatic carbocycles. The Balaban J connectivity index is 2.03. The number of amides is 1. The van der Waals surface area contributed by atoms with Gasteiger partial charge in [0.2, 0.25) is 5.91 Å². The largest absolute Gasteiger partial charge is 0.463 e. The lowest BCUT2D eigenvalue weighted by molar-refractivity contribution is -0.148. The number of nitrogens with one attached hydrogen (secondary N) is 1. The molecule has 1 aliphatic rings. The lowest BCUT2D eigenvalue weighted by Gasteiger charge is -2.19. The minimum atomic E-state index is -0.310. The van der Waals surface area contributed by atoms with Crippen molar-refractivity contribution < 1.29 is 14.3 Å². The summed E-state index contributed by atoms with van der Waals surface area (Å²) in [5.41, 5.74) is 0.933. The average molecular weight is 275 g/mol. The molecule has 0 aromatic heterocycles. The quantitative estimate of drug-likeness (QED) is 0.812. The normalized spacial score (nSPS) is 15.8. The molecule has 1 unspecified atom stereocenters. The molecule has 0 heterocycles. The maximum absolute atomic E-state index is 11.9. The van der Waals surface area contributed by atoms with Crippen LogP contribution in [0.1, 0.15) is 44.7 Å². The number of benzene rings is 1. The van der Waals surface area contributed by atoms with Gasteiger partial charge in [-0.3, -0.25) is 9.59 Å². The molecule has 1 amide bonds. The van der Waals surface area contributed by atoms with Crippen molar-refractivity contribution in [3.05, 3.63) is 35.9 Å². The topological polar surface area (TPSA) is 55.4 Å². The molecule has 1 N–H and O–H groups in total. The molecule has 4 heteroatoms. The second kappa shape index (κ2) is 6.55. The van der Waals surface area contributed by atoms with Gasteiger partial charge < -0.3 is 10.1 Å². The molecule has 1 aromatic carbocycles. The number of hydrogen-bond donors (Lipinski definition) is 1. The first-order chi connectivity index (χ1) is 9.56. The maximum atomic E-state index is 11.9. The Morgan fingerprint density at radius 2 is 1.90 bits per heavy atom. The van der Waals surface area contributed by atoms with Gasteiger partial charge in [-0.05, 0) is 32.3 Å². The highest BCUT2D eigenvalue weighted by Gasteiger charge is 2.31. The second-order valence-corrected chi connectivity index (χ2v) is 5.49. The third-order valence-electron chi connectivity index (χ3n) is 3.20. The van der Waals surface area contributed by atoms with E-state index in [1.54, 1.807) is 0 Å². The van der Waals surface area contributed by atoms with Gasteiger partial charge in [0.25, 0.3) is 0 Å². The molecule has 20 heavy (non-hydrogen) atoms. The standard InChI is InChI=1S/C16H21NO3/c1-11(2)20-15(18)10-14(12-6-4-3-5-7-12)17-16(19)13-8-9-13/h3-7,11,13-14H,8-10H2,1-2H3,(H,17,19). The van der Waals surface area contributed by atoms with Crippen LogP contribution < -0.4 is 5.32 Å². The van der Waals surface area contributed by atoms with Crippen LogP contribution >= 0.6 is 0 Å². The van der Waals surface area contributed by atoms with Crippen molar-refractivity contribution in [2.75, 3.05) is 0 Å². The van der Waals surface area contributed by atoms with Crippen molar-refractivity contribution in [1.82, 2.24) is 5.32 Å². The minimum Gasteiger partial charge on any atom is -0.463 e. The van der Waals surface area contributed by atoms with Crippen LogP contribution in [0.25, 0.3) is 0 Å². The Kier molecular flexibility index (Phi) is 4.77. The number of esters is 1. The van der Waals surface area contributed by atoms with E-state index in [0.29, 0.717) is 0 Å². The van der Waals surface area contributed by atoms with Gasteiger partial charge in [0.1, 0.15) is 0 Å². The van der Waals surface area contributed by atoms with Crippen molar-refractivity contribution in [3.8, 4) is 0 Å². The van der Waals surface area contributed by atoms with Crippen LogP contribution in [-0.4, -0.2) is 18.0 Å². The van der Waals surface area contributed by atoms with Gasteiger partial charge in [0.15, 0.2) is 0 Å².